The first-order valence-electron chi connectivity index (χ1n) is 8.15. The number of aryl methyl sites for hydroxylation is 1. The average Bonchev–Trinajstić information content (AvgIpc) is 2.67. The maximum Gasteiger partial charge on any atom is 0.153 e. The zero-order valence-electron chi connectivity index (χ0n) is 13.7. The molecule has 0 spiro atoms. The zero-order valence-corrected chi connectivity index (χ0v) is 13.7. The first-order chi connectivity index (χ1) is 11.8. The second kappa shape index (κ2) is 7.60. The van der Waals surface area contributed by atoms with Crippen molar-refractivity contribution in [3.63, 3.8) is 0 Å². The monoisotopic (exact) mass is 316 g/mol. The third-order valence-corrected chi connectivity index (χ3v) is 4.07. The predicted octanol–water partition coefficient (Wildman–Crippen LogP) is 5.31. The molecule has 3 aromatic rings. The molecule has 2 nitrogen and oxygen atoms in total. The molecule has 0 heterocycles. The van der Waals surface area contributed by atoms with E-state index >= 15 is 0 Å². The number of ether oxygens (including phenoxy) is 1. The minimum absolute atomic E-state index is 0.451. The fourth-order valence-electron chi connectivity index (χ4n) is 2.62. The number of carbonyl (C=O) groups excluding carboxylic acids is 1. The lowest BCUT2D eigenvalue weighted by molar-refractivity contribution is 0.111. The number of aldehydes is 1. The van der Waals surface area contributed by atoms with Gasteiger partial charge >= 0.3 is 0 Å². The molecule has 0 fully saturated rings. The minimum atomic E-state index is 0.451. The molecule has 24 heavy (non-hydrogen) atoms. The number of benzene rings is 3. The van der Waals surface area contributed by atoms with E-state index in [9.17, 15) is 4.79 Å². The summed E-state index contributed by atoms with van der Waals surface area (Å²) in [5.74, 6) is 0.614. The van der Waals surface area contributed by atoms with Crippen molar-refractivity contribution in [1.29, 1.82) is 0 Å². The Labute approximate surface area is 142 Å². The third kappa shape index (κ3) is 3.72. The van der Waals surface area contributed by atoms with Crippen LogP contribution in [0.3, 0.4) is 0 Å². The quantitative estimate of drug-likeness (QED) is 0.576. The van der Waals surface area contributed by atoms with E-state index in [0.29, 0.717) is 17.9 Å². The van der Waals surface area contributed by atoms with Crippen molar-refractivity contribution >= 4 is 6.29 Å². The number of hydrogen-bond acceptors (Lipinski definition) is 2. The topological polar surface area (TPSA) is 26.3 Å². The summed E-state index contributed by atoms with van der Waals surface area (Å²) in [5.41, 5.74) is 5.07. The van der Waals surface area contributed by atoms with Gasteiger partial charge in [-0.1, -0.05) is 67.6 Å². The molecule has 0 N–H and O–H groups in total. The van der Waals surface area contributed by atoms with E-state index in [0.717, 1.165) is 29.4 Å². The molecule has 0 unspecified atom stereocenters. The summed E-state index contributed by atoms with van der Waals surface area (Å²) in [6, 6.07) is 24.1. The maximum absolute atomic E-state index is 11.4. The van der Waals surface area contributed by atoms with Crippen molar-refractivity contribution in [2.24, 2.45) is 0 Å². The first-order valence-corrected chi connectivity index (χ1v) is 8.15. The van der Waals surface area contributed by atoms with Crippen LogP contribution in [0.15, 0.2) is 72.8 Å². The van der Waals surface area contributed by atoms with E-state index in [-0.39, 0.29) is 0 Å². The van der Waals surface area contributed by atoms with Crippen molar-refractivity contribution in [2.45, 2.75) is 20.0 Å². The standard InChI is InChI=1S/C22H20O2/c1-2-17-8-10-19(11-9-17)20-12-13-22(21(14-20)15-23)24-16-18-6-4-3-5-7-18/h3-15H,2,16H2,1H3. The highest BCUT2D eigenvalue weighted by Gasteiger charge is 2.07. The van der Waals surface area contributed by atoms with Crippen LogP contribution in [0.25, 0.3) is 11.1 Å². The molecule has 0 aliphatic rings. The summed E-state index contributed by atoms with van der Waals surface area (Å²) in [4.78, 5) is 11.4. The molecule has 0 saturated carbocycles. The van der Waals surface area contributed by atoms with Crippen LogP contribution in [0.4, 0.5) is 0 Å². The highest BCUT2D eigenvalue weighted by atomic mass is 16.5. The second-order valence-corrected chi connectivity index (χ2v) is 5.70. The predicted molar refractivity (Wildman–Crippen MR) is 97.4 cm³/mol. The van der Waals surface area contributed by atoms with Crippen molar-refractivity contribution in [1.82, 2.24) is 0 Å². The summed E-state index contributed by atoms with van der Waals surface area (Å²) in [6.07, 6.45) is 1.87. The van der Waals surface area contributed by atoms with Crippen molar-refractivity contribution in [3.05, 3.63) is 89.5 Å². The van der Waals surface area contributed by atoms with Gasteiger partial charge in [-0.15, -0.1) is 0 Å². The lowest BCUT2D eigenvalue weighted by atomic mass is 10.0. The van der Waals surface area contributed by atoms with Gasteiger partial charge in [0.2, 0.25) is 0 Å². The minimum Gasteiger partial charge on any atom is -0.488 e. The van der Waals surface area contributed by atoms with E-state index in [1.165, 1.54) is 5.56 Å². The van der Waals surface area contributed by atoms with E-state index in [4.69, 9.17) is 4.74 Å². The Morgan fingerprint density at radius 2 is 1.54 bits per heavy atom. The summed E-state index contributed by atoms with van der Waals surface area (Å²) < 4.78 is 5.81. The summed E-state index contributed by atoms with van der Waals surface area (Å²) in [6.45, 7) is 2.59. The number of hydrogen-bond donors (Lipinski definition) is 0. The Morgan fingerprint density at radius 3 is 2.21 bits per heavy atom. The van der Waals surface area contributed by atoms with Crippen molar-refractivity contribution in [3.8, 4) is 16.9 Å². The molecular weight excluding hydrogens is 296 g/mol. The molecule has 3 aromatic carbocycles. The van der Waals surface area contributed by atoms with Crippen LogP contribution in [-0.2, 0) is 13.0 Å². The first kappa shape index (κ1) is 16.0. The fourth-order valence-corrected chi connectivity index (χ4v) is 2.62. The number of carbonyl (C=O) groups is 1. The van der Waals surface area contributed by atoms with Gasteiger partial charge in [0.05, 0.1) is 5.56 Å². The van der Waals surface area contributed by atoms with E-state index in [2.05, 4.69) is 31.2 Å². The summed E-state index contributed by atoms with van der Waals surface area (Å²) in [7, 11) is 0. The van der Waals surface area contributed by atoms with Crippen LogP contribution in [0.5, 0.6) is 5.75 Å². The maximum atomic E-state index is 11.4. The Balaban J connectivity index is 1.80. The highest BCUT2D eigenvalue weighted by molar-refractivity contribution is 5.83. The van der Waals surface area contributed by atoms with Gasteiger partial charge in [0.15, 0.2) is 6.29 Å². The Kier molecular flexibility index (Phi) is 5.07. The average molecular weight is 316 g/mol. The molecular formula is C22H20O2. The molecule has 0 aliphatic heterocycles. The second-order valence-electron chi connectivity index (χ2n) is 5.70. The van der Waals surface area contributed by atoms with Crippen molar-refractivity contribution < 1.29 is 9.53 Å². The lowest BCUT2D eigenvalue weighted by Crippen LogP contribution is -1.98. The Hall–Kier alpha value is -2.87. The highest BCUT2D eigenvalue weighted by Crippen LogP contribution is 2.27. The van der Waals surface area contributed by atoms with Crippen LogP contribution in [0, 0.1) is 0 Å². The van der Waals surface area contributed by atoms with Gasteiger partial charge in [-0.3, -0.25) is 4.79 Å². The van der Waals surface area contributed by atoms with E-state index < -0.39 is 0 Å². The lowest BCUT2D eigenvalue weighted by Gasteiger charge is -2.11. The molecule has 3 rings (SSSR count). The van der Waals surface area contributed by atoms with Gasteiger partial charge in [0.1, 0.15) is 12.4 Å². The molecule has 0 atom stereocenters. The molecule has 0 aliphatic carbocycles. The van der Waals surface area contributed by atoms with Gasteiger partial charge in [-0.05, 0) is 40.8 Å². The van der Waals surface area contributed by atoms with E-state index in [1.807, 2.05) is 48.5 Å². The van der Waals surface area contributed by atoms with Crippen molar-refractivity contribution in [2.75, 3.05) is 0 Å². The molecule has 0 radical (unpaired) electrons. The van der Waals surface area contributed by atoms with Gasteiger partial charge in [0, 0.05) is 0 Å². The largest absolute Gasteiger partial charge is 0.488 e. The fraction of sp³-hybridized carbons (Fsp3) is 0.136. The smallest absolute Gasteiger partial charge is 0.153 e. The molecule has 0 amide bonds. The van der Waals surface area contributed by atoms with Gasteiger partial charge in [-0.2, -0.15) is 0 Å². The van der Waals surface area contributed by atoms with Crippen LogP contribution >= 0.6 is 0 Å². The molecule has 0 saturated heterocycles. The Bertz CT molecular complexity index is 805. The SMILES string of the molecule is CCc1ccc(-c2ccc(OCc3ccccc3)c(C=O)c2)cc1. The van der Waals surface area contributed by atoms with Crippen LogP contribution in [0.1, 0.15) is 28.4 Å². The summed E-state index contributed by atoms with van der Waals surface area (Å²) >= 11 is 0. The molecule has 120 valence electrons. The van der Waals surface area contributed by atoms with Crippen LogP contribution in [-0.4, -0.2) is 6.29 Å². The van der Waals surface area contributed by atoms with Gasteiger partial charge in [0.25, 0.3) is 0 Å². The van der Waals surface area contributed by atoms with Crippen LogP contribution in [0.2, 0.25) is 0 Å². The van der Waals surface area contributed by atoms with E-state index in [1.54, 1.807) is 0 Å². The Morgan fingerprint density at radius 1 is 0.833 bits per heavy atom. The van der Waals surface area contributed by atoms with Gasteiger partial charge in [-0.25, -0.2) is 0 Å². The van der Waals surface area contributed by atoms with Crippen LogP contribution < -0.4 is 4.74 Å². The van der Waals surface area contributed by atoms with Gasteiger partial charge < -0.3 is 4.74 Å². The molecule has 2 heteroatoms. The number of rotatable bonds is 6. The zero-order chi connectivity index (χ0) is 16.8. The molecule has 0 aromatic heterocycles. The normalized spacial score (nSPS) is 10.4. The molecule has 0 bridgehead atoms. The third-order valence-electron chi connectivity index (χ3n) is 4.07. The summed E-state index contributed by atoms with van der Waals surface area (Å²) in [5, 5.41) is 0.